The van der Waals surface area contributed by atoms with Crippen molar-refractivity contribution < 1.29 is 19.1 Å². The van der Waals surface area contributed by atoms with E-state index in [1.165, 1.54) is 23.1 Å². The number of hydrogen-bond acceptors (Lipinski definition) is 7. The lowest BCUT2D eigenvalue weighted by Crippen LogP contribution is -2.30. The minimum atomic E-state index is -0.534. The highest BCUT2D eigenvalue weighted by Gasteiger charge is 2.23. The molecule has 5 aromatic carbocycles. The minimum absolute atomic E-state index is 0.0681. The zero-order chi connectivity index (χ0) is 35.4. The van der Waals surface area contributed by atoms with E-state index < -0.39 is 17.1 Å². The van der Waals surface area contributed by atoms with Gasteiger partial charge in [0.25, 0.3) is 11.8 Å². The monoisotopic (exact) mass is 710 g/mol. The van der Waals surface area contributed by atoms with Crippen molar-refractivity contribution in [3.8, 4) is 5.75 Å². The lowest BCUT2D eigenvalue weighted by Gasteiger charge is -2.17. The van der Waals surface area contributed by atoms with Crippen LogP contribution in [0, 0.1) is 6.92 Å². The lowest BCUT2D eigenvalue weighted by atomic mass is 10.1. The van der Waals surface area contributed by atoms with E-state index in [1.807, 2.05) is 115 Å². The molecule has 0 spiro atoms. The molecule has 1 atom stereocenters. The SMILES string of the molecule is Cc1csc(NC(=O)C(Sc2ccc(NC(=O)/C(=C/c3ccc(OCc4ccccc4)cc3)NC(=O)c3ccccc3)cc2)c2ccccc2)n1. The maximum absolute atomic E-state index is 13.6. The van der Waals surface area contributed by atoms with Gasteiger partial charge < -0.3 is 20.7 Å². The number of carbonyl (C=O) groups is 3. The molecule has 0 aliphatic heterocycles. The van der Waals surface area contributed by atoms with Crippen molar-refractivity contribution in [2.75, 3.05) is 10.6 Å². The summed E-state index contributed by atoms with van der Waals surface area (Å²) in [6, 6.07) is 42.6. The Labute approximate surface area is 304 Å². The summed E-state index contributed by atoms with van der Waals surface area (Å²) in [5.41, 5.74) is 4.46. The second-order valence-electron chi connectivity index (χ2n) is 11.4. The summed E-state index contributed by atoms with van der Waals surface area (Å²) in [6.07, 6.45) is 1.62. The quantitative estimate of drug-likeness (QED) is 0.0816. The smallest absolute Gasteiger partial charge is 0.272 e. The molecule has 10 heteroatoms. The molecule has 1 unspecified atom stereocenters. The highest BCUT2D eigenvalue weighted by Crippen LogP contribution is 2.37. The van der Waals surface area contributed by atoms with Gasteiger partial charge >= 0.3 is 0 Å². The van der Waals surface area contributed by atoms with Crippen molar-refractivity contribution in [3.63, 3.8) is 0 Å². The average molecular weight is 711 g/mol. The van der Waals surface area contributed by atoms with E-state index >= 15 is 0 Å². The second kappa shape index (κ2) is 17.1. The number of rotatable bonds is 13. The summed E-state index contributed by atoms with van der Waals surface area (Å²) in [6.45, 7) is 2.31. The number of aromatic nitrogens is 1. The van der Waals surface area contributed by atoms with Gasteiger partial charge in [-0.15, -0.1) is 23.1 Å². The van der Waals surface area contributed by atoms with Crippen LogP contribution in [0.1, 0.15) is 38.0 Å². The zero-order valence-corrected chi connectivity index (χ0v) is 29.2. The molecule has 3 amide bonds. The number of thiazole rings is 1. The Bertz CT molecular complexity index is 2100. The van der Waals surface area contributed by atoms with Gasteiger partial charge in [0.1, 0.15) is 23.3 Å². The third-order valence-electron chi connectivity index (χ3n) is 7.52. The van der Waals surface area contributed by atoms with Gasteiger partial charge in [-0.1, -0.05) is 91.0 Å². The molecule has 8 nitrogen and oxygen atoms in total. The third kappa shape index (κ3) is 10.0. The maximum atomic E-state index is 13.6. The average Bonchev–Trinajstić information content (AvgIpc) is 3.58. The predicted molar refractivity (Wildman–Crippen MR) is 205 cm³/mol. The summed E-state index contributed by atoms with van der Waals surface area (Å²) in [4.78, 5) is 45.4. The van der Waals surface area contributed by atoms with Gasteiger partial charge in [-0.25, -0.2) is 4.98 Å². The summed E-state index contributed by atoms with van der Waals surface area (Å²) < 4.78 is 5.90. The highest BCUT2D eigenvalue weighted by atomic mass is 32.2. The molecule has 254 valence electrons. The van der Waals surface area contributed by atoms with Gasteiger partial charge in [-0.05, 0) is 78.2 Å². The summed E-state index contributed by atoms with van der Waals surface area (Å²) >= 11 is 2.78. The molecular weight excluding hydrogens is 677 g/mol. The number of ether oxygens (including phenoxy) is 1. The Morgan fingerprint density at radius 2 is 1.43 bits per heavy atom. The van der Waals surface area contributed by atoms with Crippen molar-refractivity contribution >= 4 is 57.7 Å². The van der Waals surface area contributed by atoms with E-state index in [2.05, 4.69) is 20.9 Å². The van der Waals surface area contributed by atoms with E-state index in [1.54, 1.807) is 42.5 Å². The fourth-order valence-electron chi connectivity index (χ4n) is 4.94. The zero-order valence-electron chi connectivity index (χ0n) is 27.6. The first-order chi connectivity index (χ1) is 24.9. The Hall–Kier alpha value is -5.97. The summed E-state index contributed by atoms with van der Waals surface area (Å²) in [7, 11) is 0. The largest absolute Gasteiger partial charge is 0.489 e. The van der Waals surface area contributed by atoms with Crippen molar-refractivity contribution in [3.05, 3.63) is 179 Å². The number of thioether (sulfide) groups is 1. The number of benzene rings is 5. The predicted octanol–water partition coefficient (Wildman–Crippen LogP) is 8.91. The number of nitrogens with zero attached hydrogens (tertiary/aromatic N) is 1. The molecule has 1 aromatic heterocycles. The first kappa shape index (κ1) is 34.9. The fourth-order valence-corrected chi connectivity index (χ4v) is 6.66. The van der Waals surface area contributed by atoms with Crippen molar-refractivity contribution in [1.29, 1.82) is 0 Å². The molecule has 0 radical (unpaired) electrons. The van der Waals surface area contributed by atoms with Crippen LogP contribution in [0.25, 0.3) is 6.08 Å². The molecule has 0 bridgehead atoms. The number of carbonyl (C=O) groups excluding carboxylic acids is 3. The van der Waals surface area contributed by atoms with Gasteiger partial charge in [0.15, 0.2) is 5.13 Å². The Kier molecular flexibility index (Phi) is 11.7. The Morgan fingerprint density at radius 3 is 2.08 bits per heavy atom. The van der Waals surface area contributed by atoms with E-state index in [4.69, 9.17) is 4.74 Å². The number of aryl methyl sites for hydroxylation is 1. The lowest BCUT2D eigenvalue weighted by molar-refractivity contribution is -0.116. The number of amides is 3. The Morgan fingerprint density at radius 1 is 0.784 bits per heavy atom. The van der Waals surface area contributed by atoms with Crippen LogP contribution in [0.2, 0.25) is 0 Å². The molecule has 1 heterocycles. The van der Waals surface area contributed by atoms with Crippen LogP contribution in [0.4, 0.5) is 10.8 Å². The fraction of sp³-hybridized carbons (Fsp3) is 0.0732. The van der Waals surface area contributed by atoms with Crippen LogP contribution in [-0.4, -0.2) is 22.7 Å². The standard InChI is InChI=1S/C41H34N4O4S2/c1-28-27-50-41(42-28)45-40(48)37(31-13-7-3-8-14-31)51-35-23-19-33(20-24-35)43-39(47)36(44-38(46)32-15-9-4-10-16-32)25-29-17-21-34(22-18-29)49-26-30-11-5-2-6-12-30/h2-25,27,37H,26H2,1H3,(H,43,47)(H,44,46)(H,42,45,48)/b36-25-. The summed E-state index contributed by atoms with van der Waals surface area (Å²) in [5, 5.41) is 10.5. The second-order valence-corrected chi connectivity index (χ2v) is 13.4. The molecular formula is C41H34N4O4S2. The molecule has 6 aromatic rings. The normalized spacial score (nSPS) is 11.7. The summed E-state index contributed by atoms with van der Waals surface area (Å²) in [5.74, 6) is -0.412. The van der Waals surface area contributed by atoms with Gasteiger partial charge in [-0.3, -0.25) is 14.4 Å². The molecule has 51 heavy (non-hydrogen) atoms. The van der Waals surface area contributed by atoms with Crippen LogP contribution in [0.15, 0.2) is 155 Å². The number of nitrogens with one attached hydrogen (secondary N) is 3. The molecule has 6 rings (SSSR count). The topological polar surface area (TPSA) is 109 Å². The molecule has 0 saturated heterocycles. The van der Waals surface area contributed by atoms with Gasteiger partial charge in [0.05, 0.1) is 5.69 Å². The van der Waals surface area contributed by atoms with Crippen LogP contribution in [0.3, 0.4) is 0 Å². The molecule has 0 aliphatic carbocycles. The van der Waals surface area contributed by atoms with Crippen LogP contribution in [0.5, 0.6) is 5.75 Å². The van der Waals surface area contributed by atoms with Gasteiger partial charge in [0, 0.05) is 21.5 Å². The number of hydrogen-bond donors (Lipinski definition) is 3. The van der Waals surface area contributed by atoms with Crippen molar-refractivity contribution in [2.24, 2.45) is 0 Å². The molecule has 0 aliphatic rings. The van der Waals surface area contributed by atoms with E-state index in [0.29, 0.717) is 34.3 Å². The van der Waals surface area contributed by atoms with Crippen LogP contribution >= 0.6 is 23.1 Å². The Balaban J connectivity index is 1.16. The minimum Gasteiger partial charge on any atom is -0.489 e. The van der Waals surface area contributed by atoms with Gasteiger partial charge in [-0.2, -0.15) is 0 Å². The first-order valence-corrected chi connectivity index (χ1v) is 17.9. The maximum Gasteiger partial charge on any atom is 0.272 e. The molecule has 0 saturated carbocycles. The van der Waals surface area contributed by atoms with Crippen molar-refractivity contribution in [1.82, 2.24) is 10.3 Å². The van der Waals surface area contributed by atoms with Gasteiger partial charge in [0.2, 0.25) is 5.91 Å². The van der Waals surface area contributed by atoms with Crippen molar-refractivity contribution in [2.45, 2.75) is 23.7 Å². The molecule has 0 fully saturated rings. The third-order valence-corrected chi connectivity index (χ3v) is 9.67. The van der Waals surface area contributed by atoms with E-state index in [-0.39, 0.29) is 11.6 Å². The molecule has 3 N–H and O–H groups in total. The van der Waals surface area contributed by atoms with E-state index in [9.17, 15) is 14.4 Å². The number of anilines is 2. The van der Waals surface area contributed by atoms with E-state index in [0.717, 1.165) is 21.7 Å². The first-order valence-electron chi connectivity index (χ1n) is 16.1. The van der Waals surface area contributed by atoms with Crippen LogP contribution in [-0.2, 0) is 16.2 Å². The van der Waals surface area contributed by atoms with Crippen LogP contribution < -0.4 is 20.7 Å². The highest BCUT2D eigenvalue weighted by molar-refractivity contribution is 8.00.